The molecule has 3 heteroatoms. The Bertz CT molecular complexity index is 240. The summed E-state index contributed by atoms with van der Waals surface area (Å²) >= 11 is 1.44. The molecule has 52 valence electrons. The Morgan fingerprint density at radius 2 is 2.50 bits per heavy atom. The fraction of sp³-hybridized carbons (Fsp3) is 0.143. The van der Waals surface area contributed by atoms with Crippen molar-refractivity contribution in [1.82, 2.24) is 0 Å². The van der Waals surface area contributed by atoms with Gasteiger partial charge in [-0.05, 0) is 11.4 Å². The smallest absolute Gasteiger partial charge is 0.0768 e. The van der Waals surface area contributed by atoms with Gasteiger partial charge in [-0.15, -0.1) is 11.3 Å². The van der Waals surface area contributed by atoms with Crippen LogP contribution in [0.2, 0.25) is 0 Å². The zero-order valence-electron chi connectivity index (χ0n) is 5.07. The summed E-state index contributed by atoms with van der Waals surface area (Å²) in [6, 6.07) is 3.63. The van der Waals surface area contributed by atoms with Crippen molar-refractivity contribution in [2.45, 2.75) is 6.29 Å². The van der Waals surface area contributed by atoms with Gasteiger partial charge in [-0.3, -0.25) is 0 Å². The highest BCUT2D eigenvalue weighted by molar-refractivity contribution is 7.10. The molecule has 10 heavy (non-hydrogen) atoms. The van der Waals surface area contributed by atoms with Crippen LogP contribution in [0.1, 0.15) is 4.88 Å². The maximum Gasteiger partial charge on any atom is 0.0768 e. The minimum absolute atomic E-state index is 0.801. The summed E-state index contributed by atoms with van der Waals surface area (Å²) in [6.07, 6.45) is -1.78. The molecule has 0 aliphatic rings. The first-order valence-electron chi connectivity index (χ1n) is 2.68. The zero-order valence-corrected chi connectivity index (χ0v) is 5.89. The highest BCUT2D eigenvalue weighted by atomic mass is 32.1. The van der Waals surface area contributed by atoms with Gasteiger partial charge >= 0.3 is 0 Å². The monoisotopic (exact) mass is 153 g/mol. The van der Waals surface area contributed by atoms with Crippen molar-refractivity contribution < 1.29 is 10.2 Å². The molecule has 0 aliphatic heterocycles. The Morgan fingerprint density at radius 3 is 3.00 bits per heavy atom. The first kappa shape index (κ1) is 7.29. The number of aliphatic hydroxyl groups excluding tert-OH is 1. The largest absolute Gasteiger partial charge is 0.821 e. The lowest BCUT2D eigenvalue weighted by Gasteiger charge is -2.02. The van der Waals surface area contributed by atoms with Crippen LogP contribution in [0.25, 0.3) is 0 Å². The van der Waals surface area contributed by atoms with Crippen LogP contribution < -0.4 is 5.11 Å². The molecule has 2 nitrogen and oxygen atoms in total. The molecule has 0 bridgehead atoms. The standard InChI is InChI=1S/C7H5O2S/c8-7(9)4-3-6-2-1-5-10-6/h1-2,5,7-8H/q-1. The summed E-state index contributed by atoms with van der Waals surface area (Å²) in [6.45, 7) is 0. The van der Waals surface area contributed by atoms with Crippen molar-refractivity contribution in [2.75, 3.05) is 0 Å². The molecular formula is C7H5O2S-. The molecule has 1 aromatic heterocycles. The Kier molecular flexibility index (Phi) is 2.46. The van der Waals surface area contributed by atoms with Gasteiger partial charge in [0.2, 0.25) is 0 Å². The van der Waals surface area contributed by atoms with Crippen LogP contribution in [0, 0.1) is 11.8 Å². The minimum Gasteiger partial charge on any atom is -0.821 e. The summed E-state index contributed by atoms with van der Waals surface area (Å²) in [5.74, 6) is 4.64. The van der Waals surface area contributed by atoms with Crippen LogP contribution in [-0.4, -0.2) is 11.4 Å². The summed E-state index contributed by atoms with van der Waals surface area (Å²) in [4.78, 5) is 0.801. The Morgan fingerprint density at radius 1 is 1.70 bits per heavy atom. The molecule has 0 fully saturated rings. The first-order valence-corrected chi connectivity index (χ1v) is 3.56. The second kappa shape index (κ2) is 3.37. The lowest BCUT2D eigenvalue weighted by molar-refractivity contribution is -0.459. The van der Waals surface area contributed by atoms with Gasteiger partial charge in [0.1, 0.15) is 0 Å². The fourth-order valence-electron chi connectivity index (χ4n) is 0.483. The molecular weight excluding hydrogens is 148 g/mol. The quantitative estimate of drug-likeness (QED) is 0.413. The molecule has 0 saturated carbocycles. The summed E-state index contributed by atoms with van der Waals surface area (Å²) in [7, 11) is 0. The third-order valence-electron chi connectivity index (χ3n) is 0.840. The number of hydrogen-bond acceptors (Lipinski definition) is 3. The Labute approximate surface area is 62.8 Å². The van der Waals surface area contributed by atoms with Gasteiger partial charge < -0.3 is 10.2 Å². The van der Waals surface area contributed by atoms with Crippen molar-refractivity contribution in [1.29, 1.82) is 0 Å². The van der Waals surface area contributed by atoms with Gasteiger partial charge in [0.25, 0.3) is 0 Å². The lowest BCUT2D eigenvalue weighted by atomic mass is 10.4. The van der Waals surface area contributed by atoms with E-state index >= 15 is 0 Å². The number of aliphatic hydroxyl groups is 1. The Balaban J connectivity index is 2.66. The van der Waals surface area contributed by atoms with Gasteiger partial charge in [0, 0.05) is 6.29 Å². The van der Waals surface area contributed by atoms with Crippen LogP contribution in [0.4, 0.5) is 0 Å². The van der Waals surface area contributed by atoms with Gasteiger partial charge in [-0.1, -0.05) is 17.9 Å². The normalized spacial score (nSPS) is 11.8. The van der Waals surface area contributed by atoms with E-state index in [-0.39, 0.29) is 0 Å². The predicted molar refractivity (Wildman–Crippen MR) is 37.2 cm³/mol. The summed E-state index contributed by atoms with van der Waals surface area (Å²) in [5, 5.41) is 20.1. The third kappa shape index (κ3) is 2.19. The van der Waals surface area contributed by atoms with Crippen molar-refractivity contribution in [2.24, 2.45) is 0 Å². The van der Waals surface area contributed by atoms with E-state index in [2.05, 4.69) is 11.8 Å². The van der Waals surface area contributed by atoms with Crippen LogP contribution in [-0.2, 0) is 0 Å². The van der Waals surface area contributed by atoms with E-state index in [4.69, 9.17) is 5.11 Å². The highest BCUT2D eigenvalue weighted by Crippen LogP contribution is 2.05. The van der Waals surface area contributed by atoms with E-state index in [0.717, 1.165) is 4.88 Å². The molecule has 1 rings (SSSR count). The van der Waals surface area contributed by atoms with Crippen molar-refractivity contribution >= 4 is 11.3 Å². The second-order valence-electron chi connectivity index (χ2n) is 1.60. The van der Waals surface area contributed by atoms with Gasteiger partial charge in [-0.25, -0.2) is 0 Å². The second-order valence-corrected chi connectivity index (χ2v) is 2.55. The van der Waals surface area contributed by atoms with E-state index < -0.39 is 6.29 Å². The van der Waals surface area contributed by atoms with E-state index in [0.29, 0.717) is 0 Å². The van der Waals surface area contributed by atoms with Gasteiger partial charge in [-0.2, -0.15) is 0 Å². The van der Waals surface area contributed by atoms with Gasteiger partial charge in [0.05, 0.1) is 4.88 Å². The number of rotatable bonds is 0. The molecule has 0 radical (unpaired) electrons. The minimum atomic E-state index is -1.78. The first-order chi connectivity index (χ1) is 4.79. The molecule has 0 aromatic carbocycles. The number of hydrogen-bond donors (Lipinski definition) is 1. The summed E-state index contributed by atoms with van der Waals surface area (Å²) in [5.41, 5.74) is 0. The highest BCUT2D eigenvalue weighted by Gasteiger charge is 1.82. The molecule has 0 saturated heterocycles. The average Bonchev–Trinajstić information content (AvgIpc) is 2.34. The molecule has 1 heterocycles. The van der Waals surface area contributed by atoms with E-state index in [1.54, 1.807) is 6.07 Å². The Hall–Kier alpha value is -0.820. The van der Waals surface area contributed by atoms with Crippen molar-refractivity contribution in [3.8, 4) is 11.8 Å². The maximum atomic E-state index is 10.0. The van der Waals surface area contributed by atoms with Crippen LogP contribution in [0.3, 0.4) is 0 Å². The molecule has 1 aromatic rings. The van der Waals surface area contributed by atoms with E-state index in [9.17, 15) is 5.11 Å². The maximum absolute atomic E-state index is 10.0. The molecule has 0 amide bonds. The topological polar surface area (TPSA) is 43.3 Å². The van der Waals surface area contributed by atoms with Crippen LogP contribution >= 0.6 is 11.3 Å². The SMILES string of the molecule is [O-]C(O)C#Cc1cccs1. The average molecular weight is 153 g/mol. The number of thiophene rings is 1. The van der Waals surface area contributed by atoms with Crippen molar-refractivity contribution in [3.05, 3.63) is 22.4 Å². The molecule has 1 atom stereocenters. The van der Waals surface area contributed by atoms with Crippen LogP contribution in [0.5, 0.6) is 0 Å². The fourth-order valence-corrected chi connectivity index (χ4v) is 1.06. The van der Waals surface area contributed by atoms with Gasteiger partial charge in [0.15, 0.2) is 0 Å². The molecule has 1 N–H and O–H groups in total. The van der Waals surface area contributed by atoms with Crippen molar-refractivity contribution in [3.63, 3.8) is 0 Å². The molecule has 1 unspecified atom stereocenters. The van der Waals surface area contributed by atoms with E-state index in [1.165, 1.54) is 11.3 Å². The van der Waals surface area contributed by atoms with Crippen LogP contribution in [0.15, 0.2) is 17.5 Å². The summed E-state index contributed by atoms with van der Waals surface area (Å²) < 4.78 is 0. The lowest BCUT2D eigenvalue weighted by Crippen LogP contribution is -2.21. The molecule has 0 aliphatic carbocycles. The molecule has 0 spiro atoms. The predicted octanol–water partition coefficient (Wildman–Crippen LogP) is -0.222. The zero-order chi connectivity index (χ0) is 7.40. The third-order valence-corrected chi connectivity index (χ3v) is 1.63. The van der Waals surface area contributed by atoms with E-state index in [1.807, 2.05) is 11.4 Å².